The van der Waals surface area contributed by atoms with Crippen LogP contribution >= 0.6 is 11.6 Å². The highest BCUT2D eigenvalue weighted by Crippen LogP contribution is 2.38. The van der Waals surface area contributed by atoms with Gasteiger partial charge in [0.2, 0.25) is 0 Å². The van der Waals surface area contributed by atoms with Crippen LogP contribution in [0.4, 0.5) is 0 Å². The first-order valence-electron chi connectivity index (χ1n) is 7.16. The van der Waals surface area contributed by atoms with Crippen LogP contribution in [0.25, 0.3) is 11.1 Å². The van der Waals surface area contributed by atoms with Crippen LogP contribution in [0.1, 0.15) is 36.5 Å². The van der Waals surface area contributed by atoms with Crippen LogP contribution in [0.5, 0.6) is 0 Å². The van der Waals surface area contributed by atoms with Gasteiger partial charge in [0.1, 0.15) is 0 Å². The second-order valence-electron chi connectivity index (χ2n) is 5.41. The van der Waals surface area contributed by atoms with Gasteiger partial charge in [0.25, 0.3) is 0 Å². The van der Waals surface area contributed by atoms with Gasteiger partial charge in [0, 0.05) is 11.8 Å². The molecular weight excluding hydrogens is 268 g/mol. The van der Waals surface area contributed by atoms with Crippen LogP contribution in [-0.2, 0) is 4.74 Å². The van der Waals surface area contributed by atoms with E-state index in [0.717, 1.165) is 13.0 Å². The third-order valence-corrected chi connectivity index (χ3v) is 4.21. The summed E-state index contributed by atoms with van der Waals surface area (Å²) < 4.78 is 5.96. The molecule has 2 aromatic carbocycles. The number of benzene rings is 2. The van der Waals surface area contributed by atoms with Gasteiger partial charge in [-0.3, -0.25) is 0 Å². The maximum Gasteiger partial charge on any atom is 0.0839 e. The standard InChI is InChI=1S/C18H19ClO/c1-13-12-20-18(9-10-19)17-11-15(7-8-16(13)17)14-5-3-2-4-6-14/h2-8,11,13,18H,9-10,12H2,1H3. The van der Waals surface area contributed by atoms with Crippen molar-refractivity contribution in [3.8, 4) is 11.1 Å². The maximum absolute atomic E-state index is 5.96. The third-order valence-electron chi connectivity index (χ3n) is 3.99. The Morgan fingerprint density at radius 2 is 1.85 bits per heavy atom. The van der Waals surface area contributed by atoms with Gasteiger partial charge in [0.15, 0.2) is 0 Å². The predicted molar refractivity (Wildman–Crippen MR) is 84.3 cm³/mol. The zero-order valence-corrected chi connectivity index (χ0v) is 12.4. The molecule has 0 saturated carbocycles. The van der Waals surface area contributed by atoms with Gasteiger partial charge in [-0.05, 0) is 34.7 Å². The number of ether oxygens (including phenoxy) is 1. The number of halogens is 1. The van der Waals surface area contributed by atoms with Crippen molar-refractivity contribution in [1.29, 1.82) is 0 Å². The number of hydrogen-bond donors (Lipinski definition) is 0. The Balaban J connectivity index is 2.03. The number of rotatable bonds is 3. The molecule has 104 valence electrons. The zero-order chi connectivity index (χ0) is 13.9. The van der Waals surface area contributed by atoms with Crippen molar-refractivity contribution in [3.63, 3.8) is 0 Å². The van der Waals surface area contributed by atoms with Crippen LogP contribution in [0.2, 0.25) is 0 Å². The van der Waals surface area contributed by atoms with E-state index in [1.54, 1.807) is 0 Å². The monoisotopic (exact) mass is 286 g/mol. The summed E-state index contributed by atoms with van der Waals surface area (Å²) in [5.74, 6) is 1.09. The lowest BCUT2D eigenvalue weighted by molar-refractivity contribution is 0.0288. The Kier molecular flexibility index (Phi) is 4.09. The Labute approximate surface area is 125 Å². The predicted octanol–water partition coefficient (Wildman–Crippen LogP) is 5.16. The van der Waals surface area contributed by atoms with E-state index in [0.29, 0.717) is 11.8 Å². The number of alkyl halides is 1. The van der Waals surface area contributed by atoms with Gasteiger partial charge in [-0.15, -0.1) is 11.6 Å². The normalized spacial score (nSPS) is 21.5. The van der Waals surface area contributed by atoms with Gasteiger partial charge >= 0.3 is 0 Å². The van der Waals surface area contributed by atoms with Crippen molar-refractivity contribution in [3.05, 3.63) is 59.7 Å². The second kappa shape index (κ2) is 5.99. The first kappa shape index (κ1) is 13.7. The van der Waals surface area contributed by atoms with Crippen LogP contribution < -0.4 is 0 Å². The average Bonchev–Trinajstić information content (AvgIpc) is 2.51. The molecule has 1 aliphatic rings. The first-order chi connectivity index (χ1) is 9.79. The lowest BCUT2D eigenvalue weighted by Gasteiger charge is -2.30. The minimum Gasteiger partial charge on any atom is -0.373 e. The SMILES string of the molecule is CC1COC(CCCl)c2cc(-c3ccccc3)ccc21. The largest absolute Gasteiger partial charge is 0.373 e. The lowest BCUT2D eigenvalue weighted by atomic mass is 9.87. The van der Waals surface area contributed by atoms with E-state index < -0.39 is 0 Å². The van der Waals surface area contributed by atoms with E-state index in [9.17, 15) is 0 Å². The summed E-state index contributed by atoms with van der Waals surface area (Å²) in [4.78, 5) is 0. The average molecular weight is 287 g/mol. The fourth-order valence-electron chi connectivity index (χ4n) is 2.89. The van der Waals surface area contributed by atoms with Crippen LogP contribution in [0, 0.1) is 0 Å². The molecule has 3 rings (SSSR count). The van der Waals surface area contributed by atoms with Crippen molar-refractivity contribution < 1.29 is 4.74 Å². The molecule has 0 aliphatic carbocycles. The Hall–Kier alpha value is -1.31. The number of fused-ring (bicyclic) bond motifs is 1. The van der Waals surface area contributed by atoms with E-state index in [1.807, 2.05) is 6.07 Å². The van der Waals surface area contributed by atoms with E-state index in [4.69, 9.17) is 16.3 Å². The lowest BCUT2D eigenvalue weighted by Crippen LogP contribution is -2.20. The highest BCUT2D eigenvalue weighted by atomic mass is 35.5. The van der Waals surface area contributed by atoms with Crippen molar-refractivity contribution >= 4 is 11.6 Å². The molecule has 0 saturated heterocycles. The van der Waals surface area contributed by atoms with Crippen molar-refractivity contribution in [2.75, 3.05) is 12.5 Å². The summed E-state index contributed by atoms with van der Waals surface area (Å²) in [6, 6.07) is 17.2. The third kappa shape index (κ3) is 2.61. The van der Waals surface area contributed by atoms with Gasteiger partial charge in [-0.2, -0.15) is 0 Å². The van der Waals surface area contributed by atoms with Gasteiger partial charge in [-0.1, -0.05) is 49.4 Å². The molecule has 1 nitrogen and oxygen atoms in total. The molecule has 1 heterocycles. The van der Waals surface area contributed by atoms with Crippen LogP contribution in [0.15, 0.2) is 48.5 Å². The molecule has 0 spiro atoms. The second-order valence-corrected chi connectivity index (χ2v) is 5.79. The molecule has 0 radical (unpaired) electrons. The summed E-state index contributed by atoms with van der Waals surface area (Å²) >= 11 is 5.91. The van der Waals surface area contributed by atoms with E-state index in [-0.39, 0.29) is 6.10 Å². The molecule has 20 heavy (non-hydrogen) atoms. The molecular formula is C18H19ClO. The minimum atomic E-state index is 0.141. The molecule has 2 unspecified atom stereocenters. The van der Waals surface area contributed by atoms with Gasteiger partial charge < -0.3 is 4.74 Å². The Morgan fingerprint density at radius 1 is 1.05 bits per heavy atom. The fraction of sp³-hybridized carbons (Fsp3) is 0.333. The van der Waals surface area contributed by atoms with E-state index in [1.165, 1.54) is 22.3 Å². The number of hydrogen-bond acceptors (Lipinski definition) is 1. The van der Waals surface area contributed by atoms with Crippen LogP contribution in [0.3, 0.4) is 0 Å². The van der Waals surface area contributed by atoms with Crippen LogP contribution in [-0.4, -0.2) is 12.5 Å². The van der Waals surface area contributed by atoms with Crippen molar-refractivity contribution in [2.24, 2.45) is 0 Å². The first-order valence-corrected chi connectivity index (χ1v) is 7.70. The molecule has 2 heteroatoms. The molecule has 0 fully saturated rings. The summed E-state index contributed by atoms with van der Waals surface area (Å²) in [6.07, 6.45) is 1.02. The summed E-state index contributed by atoms with van der Waals surface area (Å²) in [5.41, 5.74) is 5.22. The molecule has 1 aliphatic heterocycles. The molecule has 0 N–H and O–H groups in total. The summed E-state index contributed by atoms with van der Waals surface area (Å²) in [6.45, 7) is 3.01. The fourth-order valence-corrected chi connectivity index (χ4v) is 3.09. The van der Waals surface area contributed by atoms with E-state index in [2.05, 4.69) is 49.4 Å². The summed E-state index contributed by atoms with van der Waals surface area (Å²) in [5, 5.41) is 0. The molecule has 2 aromatic rings. The minimum absolute atomic E-state index is 0.141. The molecule has 0 bridgehead atoms. The highest BCUT2D eigenvalue weighted by molar-refractivity contribution is 6.17. The maximum atomic E-state index is 5.96. The molecule has 0 aromatic heterocycles. The van der Waals surface area contributed by atoms with E-state index >= 15 is 0 Å². The smallest absolute Gasteiger partial charge is 0.0839 e. The van der Waals surface area contributed by atoms with Gasteiger partial charge in [-0.25, -0.2) is 0 Å². The van der Waals surface area contributed by atoms with Gasteiger partial charge in [0.05, 0.1) is 12.7 Å². The quantitative estimate of drug-likeness (QED) is 0.708. The Morgan fingerprint density at radius 3 is 2.60 bits per heavy atom. The topological polar surface area (TPSA) is 9.23 Å². The molecule has 2 atom stereocenters. The van der Waals surface area contributed by atoms with Crippen molar-refractivity contribution in [2.45, 2.75) is 25.4 Å². The Bertz CT molecular complexity index is 579. The zero-order valence-electron chi connectivity index (χ0n) is 11.7. The highest BCUT2D eigenvalue weighted by Gasteiger charge is 2.25. The summed E-state index contributed by atoms with van der Waals surface area (Å²) in [7, 11) is 0. The van der Waals surface area contributed by atoms with Crippen molar-refractivity contribution in [1.82, 2.24) is 0 Å². The molecule has 0 amide bonds.